The summed E-state index contributed by atoms with van der Waals surface area (Å²) in [5.41, 5.74) is 1.33. The maximum absolute atomic E-state index is 13.2. The van der Waals surface area contributed by atoms with Gasteiger partial charge < -0.3 is 5.32 Å². The second kappa shape index (κ2) is 8.16. The molecule has 0 unspecified atom stereocenters. The van der Waals surface area contributed by atoms with E-state index in [2.05, 4.69) is 29.6 Å². The maximum atomic E-state index is 13.2. The molecule has 0 aromatic heterocycles. The lowest BCUT2D eigenvalue weighted by Gasteiger charge is -2.45. The Morgan fingerprint density at radius 3 is 2.52 bits per heavy atom. The van der Waals surface area contributed by atoms with Gasteiger partial charge in [-0.2, -0.15) is 17.0 Å². The second-order valence-corrected chi connectivity index (χ2v) is 8.93. The first kappa shape index (κ1) is 18.8. The van der Waals surface area contributed by atoms with E-state index in [1.807, 2.05) is 19.9 Å². The highest BCUT2D eigenvalue weighted by Gasteiger charge is 2.44. The molecule has 1 aromatic carbocycles. The van der Waals surface area contributed by atoms with E-state index >= 15 is 0 Å². The summed E-state index contributed by atoms with van der Waals surface area (Å²) >= 11 is 0. The molecule has 0 saturated carbocycles. The van der Waals surface area contributed by atoms with Gasteiger partial charge in [0.05, 0.1) is 0 Å². The predicted octanol–water partition coefficient (Wildman–Crippen LogP) is 2.57. The lowest BCUT2D eigenvalue weighted by molar-refractivity contribution is 0.165. The number of hydrogen-bond acceptors (Lipinski definition) is 3. The van der Waals surface area contributed by atoms with Gasteiger partial charge in [-0.3, -0.25) is 0 Å². The van der Waals surface area contributed by atoms with Crippen molar-refractivity contribution in [1.29, 1.82) is 0 Å². The quantitative estimate of drug-likeness (QED) is 0.872. The van der Waals surface area contributed by atoms with Gasteiger partial charge in [-0.1, -0.05) is 50.6 Å². The molecular formula is C19H31N3O2S. The van der Waals surface area contributed by atoms with Gasteiger partial charge in [0.2, 0.25) is 0 Å². The van der Waals surface area contributed by atoms with E-state index in [0.29, 0.717) is 25.6 Å². The van der Waals surface area contributed by atoms with E-state index in [4.69, 9.17) is 0 Å². The third-order valence-electron chi connectivity index (χ3n) is 5.74. The SMILES string of the molecule is CCN(CC)S(=O)(=O)N1CC[C@H](c2ccccc2)[C@H]2NCCCC[C@H]21. The molecule has 25 heavy (non-hydrogen) atoms. The molecule has 0 aliphatic carbocycles. The van der Waals surface area contributed by atoms with Crippen molar-refractivity contribution in [1.82, 2.24) is 13.9 Å². The van der Waals surface area contributed by atoms with Crippen molar-refractivity contribution in [3.63, 3.8) is 0 Å². The van der Waals surface area contributed by atoms with E-state index < -0.39 is 10.2 Å². The Labute approximate surface area is 152 Å². The van der Waals surface area contributed by atoms with E-state index in [1.165, 1.54) is 5.56 Å². The number of fused-ring (bicyclic) bond motifs is 1. The molecule has 0 amide bonds. The van der Waals surface area contributed by atoms with E-state index in [1.54, 1.807) is 8.61 Å². The minimum atomic E-state index is -3.39. The van der Waals surface area contributed by atoms with E-state index in [9.17, 15) is 8.42 Å². The van der Waals surface area contributed by atoms with Gasteiger partial charge in [0.1, 0.15) is 0 Å². The molecular weight excluding hydrogens is 334 g/mol. The first-order chi connectivity index (χ1) is 12.1. The number of piperidine rings is 1. The Hall–Kier alpha value is -0.950. The molecule has 2 heterocycles. The fourth-order valence-corrected chi connectivity index (χ4v) is 6.33. The van der Waals surface area contributed by atoms with Gasteiger partial charge >= 0.3 is 0 Å². The van der Waals surface area contributed by atoms with Crippen molar-refractivity contribution in [2.45, 2.75) is 57.5 Å². The number of hydrogen-bond donors (Lipinski definition) is 1. The zero-order valence-corrected chi connectivity index (χ0v) is 16.2. The number of nitrogens with one attached hydrogen (secondary N) is 1. The molecule has 0 bridgehead atoms. The lowest BCUT2D eigenvalue weighted by atomic mass is 9.81. The molecule has 3 rings (SSSR count). The number of nitrogens with zero attached hydrogens (tertiary/aromatic N) is 2. The molecule has 140 valence electrons. The highest BCUT2D eigenvalue weighted by Crippen LogP contribution is 2.37. The zero-order valence-electron chi connectivity index (χ0n) is 15.4. The molecule has 6 heteroatoms. The Morgan fingerprint density at radius 2 is 1.84 bits per heavy atom. The first-order valence-electron chi connectivity index (χ1n) is 9.64. The largest absolute Gasteiger partial charge is 0.312 e. The van der Waals surface area contributed by atoms with Crippen molar-refractivity contribution in [3.05, 3.63) is 35.9 Å². The van der Waals surface area contributed by atoms with Crippen LogP contribution in [0.2, 0.25) is 0 Å². The van der Waals surface area contributed by atoms with Crippen LogP contribution in [0.25, 0.3) is 0 Å². The Bertz CT molecular complexity index is 646. The summed E-state index contributed by atoms with van der Waals surface area (Å²) in [4.78, 5) is 0. The maximum Gasteiger partial charge on any atom is 0.282 e. The summed E-state index contributed by atoms with van der Waals surface area (Å²) in [6.45, 7) is 6.48. The van der Waals surface area contributed by atoms with Gasteiger partial charge in [-0.15, -0.1) is 0 Å². The topological polar surface area (TPSA) is 52.7 Å². The van der Waals surface area contributed by atoms with Crippen molar-refractivity contribution < 1.29 is 8.42 Å². The second-order valence-electron chi connectivity index (χ2n) is 7.05. The van der Waals surface area contributed by atoms with Crippen LogP contribution in [-0.2, 0) is 10.2 Å². The summed E-state index contributed by atoms with van der Waals surface area (Å²) in [6.07, 6.45) is 4.02. The fourth-order valence-electron chi connectivity index (χ4n) is 4.47. The molecule has 5 nitrogen and oxygen atoms in total. The summed E-state index contributed by atoms with van der Waals surface area (Å²) < 4.78 is 29.8. The van der Waals surface area contributed by atoms with Gasteiger partial charge in [-0.25, -0.2) is 0 Å². The molecule has 1 N–H and O–H groups in total. The van der Waals surface area contributed by atoms with Crippen molar-refractivity contribution in [2.75, 3.05) is 26.2 Å². The van der Waals surface area contributed by atoms with E-state index in [0.717, 1.165) is 32.2 Å². The van der Waals surface area contributed by atoms with Gasteiger partial charge in [0.25, 0.3) is 10.2 Å². The zero-order chi connectivity index (χ0) is 17.9. The van der Waals surface area contributed by atoms with Gasteiger partial charge in [0, 0.05) is 37.6 Å². The minimum absolute atomic E-state index is 0.0482. The minimum Gasteiger partial charge on any atom is -0.312 e. The van der Waals surface area contributed by atoms with Crippen LogP contribution in [0.1, 0.15) is 51.0 Å². The van der Waals surface area contributed by atoms with Crippen LogP contribution in [-0.4, -0.2) is 55.3 Å². The van der Waals surface area contributed by atoms with Gasteiger partial charge in [0.15, 0.2) is 0 Å². The average Bonchev–Trinajstić information content (AvgIpc) is 2.88. The van der Waals surface area contributed by atoms with Crippen LogP contribution >= 0.6 is 0 Å². The molecule has 0 radical (unpaired) electrons. The van der Waals surface area contributed by atoms with Crippen molar-refractivity contribution in [2.24, 2.45) is 0 Å². The summed E-state index contributed by atoms with van der Waals surface area (Å²) in [6, 6.07) is 10.8. The Kier molecular flexibility index (Phi) is 6.15. The molecule has 2 saturated heterocycles. The fraction of sp³-hybridized carbons (Fsp3) is 0.684. The van der Waals surface area contributed by atoms with E-state index in [-0.39, 0.29) is 12.1 Å². The summed E-state index contributed by atoms with van der Waals surface area (Å²) in [7, 11) is -3.39. The summed E-state index contributed by atoms with van der Waals surface area (Å²) in [5, 5.41) is 3.68. The monoisotopic (exact) mass is 365 g/mol. The molecule has 3 atom stereocenters. The third kappa shape index (κ3) is 3.77. The van der Waals surface area contributed by atoms with Crippen LogP contribution in [0.5, 0.6) is 0 Å². The van der Waals surface area contributed by atoms with Crippen LogP contribution in [0.15, 0.2) is 30.3 Å². The number of benzene rings is 1. The predicted molar refractivity (Wildman–Crippen MR) is 102 cm³/mol. The number of rotatable bonds is 5. The molecule has 2 fully saturated rings. The van der Waals surface area contributed by atoms with Crippen LogP contribution in [0.3, 0.4) is 0 Å². The highest BCUT2D eigenvalue weighted by atomic mass is 32.2. The van der Waals surface area contributed by atoms with Crippen LogP contribution < -0.4 is 5.32 Å². The smallest absolute Gasteiger partial charge is 0.282 e. The van der Waals surface area contributed by atoms with Crippen LogP contribution in [0.4, 0.5) is 0 Å². The van der Waals surface area contributed by atoms with Crippen LogP contribution in [0, 0.1) is 0 Å². The van der Waals surface area contributed by atoms with Crippen molar-refractivity contribution in [3.8, 4) is 0 Å². The summed E-state index contributed by atoms with van der Waals surface area (Å²) in [5.74, 6) is 0.382. The normalized spacial score (nSPS) is 28.5. The highest BCUT2D eigenvalue weighted by molar-refractivity contribution is 7.86. The lowest BCUT2D eigenvalue weighted by Crippen LogP contribution is -2.60. The first-order valence-corrected chi connectivity index (χ1v) is 11.0. The average molecular weight is 366 g/mol. The molecule has 1 aromatic rings. The standard InChI is InChI=1S/C19H31N3O2S/c1-3-21(4-2)25(23,24)22-15-13-17(16-10-6-5-7-11-16)19-18(22)12-8-9-14-20-19/h5-7,10-11,17-20H,3-4,8-9,12-15H2,1-2H3/t17-,18-,19-/m1/s1. The Balaban J connectivity index is 1.92. The molecule has 2 aliphatic rings. The Morgan fingerprint density at radius 1 is 1.12 bits per heavy atom. The van der Waals surface area contributed by atoms with Gasteiger partial charge in [-0.05, 0) is 31.4 Å². The van der Waals surface area contributed by atoms with Crippen molar-refractivity contribution >= 4 is 10.2 Å². The third-order valence-corrected chi connectivity index (χ3v) is 7.96. The molecule has 2 aliphatic heterocycles. The molecule has 0 spiro atoms.